The summed E-state index contributed by atoms with van der Waals surface area (Å²) in [5, 5.41) is 0. The molecule has 3 heterocycles. The molecule has 0 saturated carbocycles. The third-order valence-corrected chi connectivity index (χ3v) is 8.17. The molecule has 1 aromatic carbocycles. The van der Waals surface area contributed by atoms with Crippen molar-refractivity contribution in [1.29, 1.82) is 0 Å². The molecular weight excluding hydrogens is 394 g/mol. The van der Waals surface area contributed by atoms with Gasteiger partial charge in [-0.15, -0.1) is 0 Å². The van der Waals surface area contributed by atoms with Crippen molar-refractivity contribution in [3.63, 3.8) is 0 Å². The van der Waals surface area contributed by atoms with Gasteiger partial charge in [-0.2, -0.15) is 4.31 Å². The second-order valence-corrected chi connectivity index (χ2v) is 10.1. The predicted molar refractivity (Wildman–Crippen MR) is 106 cm³/mol. The van der Waals surface area contributed by atoms with E-state index in [1.807, 2.05) is 0 Å². The van der Waals surface area contributed by atoms with Gasteiger partial charge in [-0.25, -0.2) is 13.3 Å². The minimum Gasteiger partial charge on any atom is -0.379 e. The molecule has 0 aliphatic carbocycles. The zero-order chi connectivity index (χ0) is 20.6. The highest BCUT2D eigenvalue weighted by Gasteiger charge is 2.46. The lowest BCUT2D eigenvalue weighted by Crippen LogP contribution is -3.17. The number of imide groups is 1. The number of ether oxygens (including phenoxy) is 1. The van der Waals surface area contributed by atoms with Crippen molar-refractivity contribution in [3.05, 3.63) is 24.3 Å². The summed E-state index contributed by atoms with van der Waals surface area (Å²) in [7, 11) is -3.60. The summed E-state index contributed by atoms with van der Waals surface area (Å²) in [6, 6.07) is 5.73. The zero-order valence-corrected chi connectivity index (χ0v) is 17.5. The van der Waals surface area contributed by atoms with Gasteiger partial charge >= 0.3 is 0 Å². The maximum Gasteiger partial charge on any atom is 0.292 e. The number of amides is 2. The quantitative estimate of drug-likeness (QED) is 0.671. The lowest BCUT2D eigenvalue weighted by atomic mass is 9.97. The Balaban J connectivity index is 1.50. The first kappa shape index (κ1) is 20.5. The van der Waals surface area contributed by atoms with Crippen molar-refractivity contribution in [2.45, 2.75) is 37.1 Å². The number of benzene rings is 1. The second-order valence-electron chi connectivity index (χ2n) is 8.18. The number of morpholine rings is 1. The Morgan fingerprint density at radius 1 is 1.03 bits per heavy atom. The average molecular weight is 423 g/mol. The van der Waals surface area contributed by atoms with Crippen LogP contribution in [0.2, 0.25) is 0 Å². The van der Waals surface area contributed by atoms with Gasteiger partial charge in [0.15, 0.2) is 6.04 Å². The van der Waals surface area contributed by atoms with Crippen LogP contribution in [0.5, 0.6) is 0 Å². The van der Waals surface area contributed by atoms with E-state index in [1.54, 1.807) is 12.1 Å². The van der Waals surface area contributed by atoms with Gasteiger partial charge in [0.25, 0.3) is 5.91 Å². The maximum atomic E-state index is 13.0. The number of quaternary nitrogens is 1. The Labute approximate surface area is 171 Å². The molecule has 1 N–H and O–H groups in total. The number of nitrogens with one attached hydrogen (secondary N) is 1. The van der Waals surface area contributed by atoms with Gasteiger partial charge in [0.1, 0.15) is 0 Å². The number of hydrogen-bond donors (Lipinski definition) is 1. The van der Waals surface area contributed by atoms with Gasteiger partial charge in [-0.05, 0) is 43.0 Å². The largest absolute Gasteiger partial charge is 0.379 e. The predicted octanol–water partition coefficient (Wildman–Crippen LogP) is -0.346. The van der Waals surface area contributed by atoms with Crippen LogP contribution in [0.15, 0.2) is 29.2 Å². The highest BCUT2D eigenvalue weighted by molar-refractivity contribution is 7.89. The van der Waals surface area contributed by atoms with Crippen molar-refractivity contribution in [3.8, 4) is 0 Å². The van der Waals surface area contributed by atoms with Crippen LogP contribution in [0.3, 0.4) is 0 Å². The molecule has 8 nitrogen and oxygen atoms in total. The van der Waals surface area contributed by atoms with E-state index in [1.165, 1.54) is 26.2 Å². The Morgan fingerprint density at radius 2 is 1.66 bits per heavy atom. The van der Waals surface area contributed by atoms with E-state index >= 15 is 0 Å². The fourth-order valence-electron chi connectivity index (χ4n) is 4.41. The molecule has 9 heteroatoms. The number of rotatable bonds is 4. The van der Waals surface area contributed by atoms with E-state index in [0.717, 1.165) is 25.9 Å². The third-order valence-electron chi connectivity index (χ3n) is 6.26. The summed E-state index contributed by atoms with van der Waals surface area (Å²) < 4.78 is 32.1. The standard InChI is InChI=1S/C20H27N3O5S/c1-15-6-8-21(9-7-15)18-14-19(24)23(20(18)25)16-2-4-17(5-3-16)29(26,27)22-10-12-28-13-11-22/h2-5,15,18H,6-14H2,1H3/p+1/t18-/m0/s1. The van der Waals surface area contributed by atoms with Gasteiger partial charge < -0.3 is 9.64 Å². The Bertz CT molecular complexity index is 872. The molecule has 0 bridgehead atoms. The molecule has 3 aliphatic heterocycles. The van der Waals surface area contributed by atoms with Gasteiger partial charge in [-0.1, -0.05) is 6.92 Å². The number of piperidine rings is 1. The lowest BCUT2D eigenvalue weighted by Gasteiger charge is -2.30. The van der Waals surface area contributed by atoms with Gasteiger partial charge in [0.05, 0.1) is 43.3 Å². The lowest BCUT2D eigenvalue weighted by molar-refractivity contribution is -0.920. The summed E-state index contributed by atoms with van der Waals surface area (Å²) in [6.07, 6.45) is 2.36. The van der Waals surface area contributed by atoms with E-state index in [-0.39, 0.29) is 29.2 Å². The minimum atomic E-state index is -3.60. The Morgan fingerprint density at radius 3 is 2.28 bits per heavy atom. The fraction of sp³-hybridized carbons (Fsp3) is 0.600. The number of likely N-dealkylation sites (tertiary alicyclic amines) is 1. The molecular formula is C20H28N3O5S+. The molecule has 158 valence electrons. The summed E-state index contributed by atoms with van der Waals surface area (Å²) >= 11 is 0. The van der Waals surface area contributed by atoms with Crippen LogP contribution in [0.4, 0.5) is 5.69 Å². The summed E-state index contributed by atoms with van der Waals surface area (Å²) in [4.78, 5) is 28.1. The van der Waals surface area contributed by atoms with Gasteiger partial charge in [0.2, 0.25) is 15.9 Å². The van der Waals surface area contributed by atoms with Crippen LogP contribution >= 0.6 is 0 Å². The molecule has 1 aromatic rings. The Kier molecular flexibility index (Phi) is 5.74. The van der Waals surface area contributed by atoms with E-state index in [0.29, 0.717) is 37.9 Å². The number of sulfonamides is 1. The molecule has 2 amide bonds. The van der Waals surface area contributed by atoms with Crippen LogP contribution in [0, 0.1) is 5.92 Å². The molecule has 1 atom stereocenters. The first-order chi connectivity index (χ1) is 13.9. The summed E-state index contributed by atoms with van der Waals surface area (Å²) in [6.45, 7) is 5.46. The highest BCUT2D eigenvalue weighted by Crippen LogP contribution is 2.25. The van der Waals surface area contributed by atoms with Crippen molar-refractivity contribution < 1.29 is 27.6 Å². The smallest absolute Gasteiger partial charge is 0.292 e. The molecule has 3 aliphatic rings. The van der Waals surface area contributed by atoms with E-state index < -0.39 is 10.0 Å². The minimum absolute atomic E-state index is 0.162. The Hall–Kier alpha value is -1.81. The molecule has 0 unspecified atom stereocenters. The monoisotopic (exact) mass is 422 g/mol. The van der Waals surface area contributed by atoms with Crippen LogP contribution in [0.1, 0.15) is 26.2 Å². The van der Waals surface area contributed by atoms with Crippen molar-refractivity contribution in [2.24, 2.45) is 5.92 Å². The van der Waals surface area contributed by atoms with Gasteiger partial charge in [-0.3, -0.25) is 9.59 Å². The number of nitrogens with zero attached hydrogens (tertiary/aromatic N) is 2. The normalized spacial score (nSPS) is 29.4. The first-order valence-corrected chi connectivity index (χ1v) is 11.7. The fourth-order valence-corrected chi connectivity index (χ4v) is 5.81. The first-order valence-electron chi connectivity index (χ1n) is 10.3. The van der Waals surface area contributed by atoms with Crippen LogP contribution < -0.4 is 9.80 Å². The zero-order valence-electron chi connectivity index (χ0n) is 16.7. The van der Waals surface area contributed by atoms with Crippen LogP contribution in [0.25, 0.3) is 0 Å². The van der Waals surface area contributed by atoms with E-state index in [4.69, 9.17) is 4.74 Å². The van der Waals surface area contributed by atoms with Crippen molar-refractivity contribution in [1.82, 2.24) is 4.31 Å². The van der Waals surface area contributed by atoms with E-state index in [2.05, 4.69) is 6.92 Å². The highest BCUT2D eigenvalue weighted by atomic mass is 32.2. The summed E-state index contributed by atoms with van der Waals surface area (Å²) in [5.41, 5.74) is 0.438. The number of hydrogen-bond acceptors (Lipinski definition) is 5. The number of carbonyl (C=O) groups is 2. The van der Waals surface area contributed by atoms with Gasteiger partial charge in [0, 0.05) is 13.1 Å². The molecule has 3 fully saturated rings. The molecule has 3 saturated heterocycles. The van der Waals surface area contributed by atoms with Crippen LogP contribution in [-0.2, 0) is 24.3 Å². The molecule has 0 radical (unpaired) electrons. The average Bonchev–Trinajstić information content (AvgIpc) is 3.03. The SMILES string of the molecule is CC1CC[NH+]([C@H]2CC(=O)N(c3ccc(S(=O)(=O)N4CCOCC4)cc3)C2=O)CC1. The van der Waals surface area contributed by atoms with Crippen molar-refractivity contribution >= 4 is 27.5 Å². The molecule has 4 rings (SSSR count). The maximum absolute atomic E-state index is 13.0. The third kappa shape index (κ3) is 3.96. The molecule has 0 aromatic heterocycles. The van der Waals surface area contributed by atoms with Crippen molar-refractivity contribution in [2.75, 3.05) is 44.3 Å². The second kappa shape index (κ2) is 8.14. The van der Waals surface area contributed by atoms with Crippen LogP contribution in [-0.4, -0.2) is 70.0 Å². The summed E-state index contributed by atoms with van der Waals surface area (Å²) in [5.74, 6) is 0.279. The van der Waals surface area contributed by atoms with E-state index in [9.17, 15) is 18.0 Å². The topological polar surface area (TPSA) is 88.4 Å². The molecule has 29 heavy (non-hydrogen) atoms. The molecule has 0 spiro atoms. The number of anilines is 1. The number of carbonyl (C=O) groups excluding carboxylic acids is 2.